The van der Waals surface area contributed by atoms with Crippen LogP contribution in [0.1, 0.15) is 36.4 Å². The van der Waals surface area contributed by atoms with E-state index in [0.29, 0.717) is 25.2 Å². The largest absolute Gasteiger partial charge is 0.494 e. The normalized spacial score (nSPS) is 16.0. The summed E-state index contributed by atoms with van der Waals surface area (Å²) in [6.07, 6.45) is 3.94. The van der Waals surface area contributed by atoms with Crippen molar-refractivity contribution in [2.45, 2.75) is 36.6 Å². The molecule has 3 rings (SSSR count). The van der Waals surface area contributed by atoms with Crippen molar-refractivity contribution in [2.24, 2.45) is 0 Å². The van der Waals surface area contributed by atoms with Crippen LogP contribution in [0, 0.1) is 0 Å². The molecule has 2 aromatic carbocycles. The molecule has 0 saturated heterocycles. The number of halogens is 1. The molecule has 0 radical (unpaired) electrons. The summed E-state index contributed by atoms with van der Waals surface area (Å²) >= 11 is 6.01. The number of ether oxygens (including phenoxy) is 1. The first kappa shape index (κ1) is 19.7. The summed E-state index contributed by atoms with van der Waals surface area (Å²) in [6, 6.07) is 12.1. The molecular weight excluding hydrogens is 386 g/mol. The minimum atomic E-state index is -3.21. The smallest absolute Gasteiger partial charge is 0.220 e. The number of nitrogens with one attached hydrogen (secondary N) is 1. The molecule has 27 heavy (non-hydrogen) atoms. The van der Waals surface area contributed by atoms with Gasteiger partial charge in [-0.3, -0.25) is 4.79 Å². The van der Waals surface area contributed by atoms with Crippen molar-refractivity contribution >= 4 is 27.3 Å². The topological polar surface area (TPSA) is 72.5 Å². The lowest BCUT2D eigenvalue weighted by Crippen LogP contribution is -2.27. The van der Waals surface area contributed by atoms with Gasteiger partial charge in [-0.05, 0) is 66.8 Å². The van der Waals surface area contributed by atoms with E-state index in [1.165, 1.54) is 24.0 Å². The molecule has 0 heterocycles. The molecule has 0 aliphatic heterocycles. The molecule has 0 spiro atoms. The first-order valence-corrected chi connectivity index (χ1v) is 11.1. The molecule has 0 aromatic heterocycles. The van der Waals surface area contributed by atoms with Gasteiger partial charge in [0.25, 0.3) is 0 Å². The molecule has 1 aliphatic carbocycles. The molecule has 1 amide bonds. The lowest BCUT2D eigenvalue weighted by atomic mass is 10.1. The van der Waals surface area contributed by atoms with E-state index in [4.69, 9.17) is 16.3 Å². The molecule has 2 aromatic rings. The second-order valence-corrected chi connectivity index (χ2v) is 9.15. The number of sulfone groups is 1. The number of benzene rings is 2. The van der Waals surface area contributed by atoms with E-state index in [0.717, 1.165) is 23.4 Å². The predicted octanol–water partition coefficient (Wildman–Crippen LogP) is 3.71. The fraction of sp³-hybridized carbons (Fsp3) is 0.350. The first-order chi connectivity index (χ1) is 12.8. The summed E-state index contributed by atoms with van der Waals surface area (Å²) in [5.74, 6) is 0.586. The van der Waals surface area contributed by atoms with Crippen LogP contribution in [0.25, 0.3) is 0 Å². The molecule has 0 saturated carbocycles. The van der Waals surface area contributed by atoms with Gasteiger partial charge in [0.15, 0.2) is 9.84 Å². The summed E-state index contributed by atoms with van der Waals surface area (Å²) in [6.45, 7) is 0.391. The monoisotopic (exact) mass is 407 g/mol. The lowest BCUT2D eigenvalue weighted by molar-refractivity contribution is -0.122. The third-order valence-electron chi connectivity index (χ3n) is 4.59. The van der Waals surface area contributed by atoms with Crippen molar-refractivity contribution in [3.63, 3.8) is 0 Å². The average Bonchev–Trinajstić information content (AvgIpc) is 3.00. The van der Waals surface area contributed by atoms with Gasteiger partial charge < -0.3 is 10.1 Å². The standard InChI is InChI=1S/C20H22ClNO4S/c1-27(24,25)17-8-6-16(7-9-17)26-12-2-3-20(23)22-19-11-4-14-13-15(21)5-10-18(14)19/h5-10,13,19H,2-4,11-12H2,1H3,(H,22,23). The van der Waals surface area contributed by atoms with Gasteiger partial charge in [-0.2, -0.15) is 0 Å². The van der Waals surface area contributed by atoms with Gasteiger partial charge >= 0.3 is 0 Å². The Morgan fingerprint density at radius 2 is 1.96 bits per heavy atom. The zero-order valence-electron chi connectivity index (χ0n) is 15.1. The van der Waals surface area contributed by atoms with E-state index < -0.39 is 9.84 Å². The number of fused-ring (bicyclic) bond motifs is 1. The second kappa shape index (κ2) is 8.31. The average molecular weight is 408 g/mol. The van der Waals surface area contributed by atoms with E-state index in [2.05, 4.69) is 5.32 Å². The second-order valence-electron chi connectivity index (χ2n) is 6.70. The Balaban J connectivity index is 1.42. The summed E-state index contributed by atoms with van der Waals surface area (Å²) in [5.41, 5.74) is 2.35. The Labute approximate surface area is 164 Å². The first-order valence-electron chi connectivity index (χ1n) is 8.83. The minimum absolute atomic E-state index is 0.00109. The third-order valence-corrected chi connectivity index (χ3v) is 5.95. The van der Waals surface area contributed by atoms with E-state index >= 15 is 0 Å². The predicted molar refractivity (Wildman–Crippen MR) is 105 cm³/mol. The van der Waals surface area contributed by atoms with E-state index in [-0.39, 0.29) is 16.8 Å². The van der Waals surface area contributed by atoms with E-state index in [1.807, 2.05) is 18.2 Å². The van der Waals surface area contributed by atoms with Crippen LogP contribution in [0.3, 0.4) is 0 Å². The fourth-order valence-corrected chi connectivity index (χ4v) is 4.03. The summed E-state index contributed by atoms with van der Waals surface area (Å²) in [7, 11) is -3.21. The molecule has 0 bridgehead atoms. The summed E-state index contributed by atoms with van der Waals surface area (Å²) in [5, 5.41) is 3.80. The summed E-state index contributed by atoms with van der Waals surface area (Å²) in [4.78, 5) is 12.4. The van der Waals surface area contributed by atoms with Gasteiger partial charge in [0.2, 0.25) is 5.91 Å². The van der Waals surface area contributed by atoms with Crippen molar-refractivity contribution in [1.29, 1.82) is 0 Å². The van der Waals surface area contributed by atoms with Crippen molar-refractivity contribution < 1.29 is 17.9 Å². The Bertz CT molecular complexity index is 925. The number of rotatable bonds is 7. The maximum atomic E-state index is 12.2. The highest BCUT2D eigenvalue weighted by molar-refractivity contribution is 7.90. The molecular formula is C20H22ClNO4S. The Kier molecular flexibility index (Phi) is 6.07. The van der Waals surface area contributed by atoms with Gasteiger partial charge in [0.1, 0.15) is 5.75 Å². The molecule has 144 valence electrons. The van der Waals surface area contributed by atoms with Crippen LogP contribution in [-0.4, -0.2) is 27.2 Å². The number of aryl methyl sites for hydroxylation is 1. The number of carbonyl (C=O) groups is 1. The zero-order valence-corrected chi connectivity index (χ0v) is 16.6. The Morgan fingerprint density at radius 1 is 1.22 bits per heavy atom. The maximum absolute atomic E-state index is 12.2. The highest BCUT2D eigenvalue weighted by Crippen LogP contribution is 2.32. The number of carbonyl (C=O) groups excluding carboxylic acids is 1. The molecule has 1 aliphatic rings. The van der Waals surface area contributed by atoms with Gasteiger partial charge in [0, 0.05) is 17.7 Å². The van der Waals surface area contributed by atoms with Crippen LogP contribution in [0.2, 0.25) is 5.02 Å². The molecule has 5 nitrogen and oxygen atoms in total. The van der Waals surface area contributed by atoms with Crippen LogP contribution in [-0.2, 0) is 21.1 Å². The van der Waals surface area contributed by atoms with Gasteiger partial charge in [0.05, 0.1) is 17.5 Å². The van der Waals surface area contributed by atoms with E-state index in [1.54, 1.807) is 12.1 Å². The van der Waals surface area contributed by atoms with Crippen molar-refractivity contribution in [1.82, 2.24) is 5.32 Å². The number of hydrogen-bond acceptors (Lipinski definition) is 4. The van der Waals surface area contributed by atoms with E-state index in [9.17, 15) is 13.2 Å². The van der Waals surface area contributed by atoms with Crippen molar-refractivity contribution in [2.75, 3.05) is 12.9 Å². The number of hydrogen-bond donors (Lipinski definition) is 1. The highest BCUT2D eigenvalue weighted by Gasteiger charge is 2.23. The third kappa shape index (κ3) is 5.23. The van der Waals surface area contributed by atoms with Gasteiger partial charge in [-0.15, -0.1) is 0 Å². The van der Waals surface area contributed by atoms with Gasteiger partial charge in [-0.25, -0.2) is 8.42 Å². The minimum Gasteiger partial charge on any atom is -0.494 e. The highest BCUT2D eigenvalue weighted by atomic mass is 35.5. The quantitative estimate of drug-likeness (QED) is 0.710. The zero-order chi connectivity index (χ0) is 19.4. The maximum Gasteiger partial charge on any atom is 0.220 e. The molecule has 0 fully saturated rings. The van der Waals surface area contributed by atoms with Crippen LogP contribution in [0.4, 0.5) is 0 Å². The lowest BCUT2D eigenvalue weighted by Gasteiger charge is -2.14. The Morgan fingerprint density at radius 3 is 2.67 bits per heavy atom. The SMILES string of the molecule is CS(=O)(=O)c1ccc(OCCCC(=O)NC2CCc3cc(Cl)ccc32)cc1. The van der Waals surface area contributed by atoms with Crippen molar-refractivity contribution in [3.05, 3.63) is 58.6 Å². The van der Waals surface area contributed by atoms with Crippen molar-refractivity contribution in [3.8, 4) is 5.75 Å². The molecule has 1 atom stereocenters. The van der Waals surface area contributed by atoms with Gasteiger partial charge in [-0.1, -0.05) is 17.7 Å². The Hall–Kier alpha value is -2.05. The summed E-state index contributed by atoms with van der Waals surface area (Å²) < 4.78 is 28.4. The molecule has 1 N–H and O–H groups in total. The molecule has 1 unspecified atom stereocenters. The van der Waals surface area contributed by atoms with Crippen LogP contribution in [0.15, 0.2) is 47.4 Å². The number of amides is 1. The van der Waals surface area contributed by atoms with Crippen LogP contribution in [0.5, 0.6) is 5.75 Å². The van der Waals surface area contributed by atoms with Crippen LogP contribution >= 0.6 is 11.6 Å². The fourth-order valence-electron chi connectivity index (χ4n) is 3.21. The van der Waals surface area contributed by atoms with Crippen LogP contribution < -0.4 is 10.1 Å². The molecule has 7 heteroatoms.